The molecule has 0 saturated heterocycles. The molecule has 34 heavy (non-hydrogen) atoms. The molecule has 180 valence electrons. The first kappa shape index (κ1) is 26.7. The summed E-state index contributed by atoms with van der Waals surface area (Å²) in [7, 11) is -4.07. The average Bonchev–Trinajstić information content (AvgIpc) is 2.80. The fraction of sp³-hybridized carbons (Fsp3) is 0.208. The minimum absolute atomic E-state index is 0.0560. The normalized spacial score (nSPS) is 11.3. The number of thioether (sulfide) groups is 1. The van der Waals surface area contributed by atoms with Gasteiger partial charge in [0.05, 0.1) is 15.6 Å². The number of sulfonamides is 1. The van der Waals surface area contributed by atoms with E-state index in [4.69, 9.17) is 34.8 Å². The maximum Gasteiger partial charge on any atom is 0.264 e. The zero-order valence-electron chi connectivity index (χ0n) is 18.3. The zero-order chi connectivity index (χ0) is 24.7. The van der Waals surface area contributed by atoms with Crippen LogP contribution in [0.4, 0.5) is 5.69 Å². The molecule has 3 aromatic carbocycles. The summed E-state index contributed by atoms with van der Waals surface area (Å²) in [5.41, 5.74) is 2.19. The lowest BCUT2D eigenvalue weighted by Crippen LogP contribution is -2.41. The van der Waals surface area contributed by atoms with Gasteiger partial charge in [-0.2, -0.15) is 11.8 Å². The first-order chi connectivity index (χ1) is 16.2. The second kappa shape index (κ2) is 12.2. The molecule has 0 aromatic heterocycles. The smallest absolute Gasteiger partial charge is 0.264 e. The number of hydrogen-bond acceptors (Lipinski definition) is 4. The molecule has 5 nitrogen and oxygen atoms in total. The summed E-state index contributed by atoms with van der Waals surface area (Å²) in [6, 6.07) is 18.5. The number of benzene rings is 3. The highest BCUT2D eigenvalue weighted by atomic mass is 35.5. The van der Waals surface area contributed by atoms with Crippen molar-refractivity contribution in [3.63, 3.8) is 0 Å². The number of hydrogen-bond donors (Lipinski definition) is 1. The van der Waals surface area contributed by atoms with Crippen molar-refractivity contribution in [3.05, 3.63) is 92.9 Å². The molecule has 1 amide bonds. The molecule has 3 rings (SSSR count). The SMILES string of the molecule is Cc1ccc(S(=O)(=O)N(CC(=O)NCCSCc2ccc(Cl)cc2)c2cc(Cl)ccc2Cl)cc1. The highest BCUT2D eigenvalue weighted by molar-refractivity contribution is 7.98. The van der Waals surface area contributed by atoms with Gasteiger partial charge in [-0.05, 0) is 55.0 Å². The molecule has 0 fully saturated rings. The van der Waals surface area contributed by atoms with E-state index in [0.29, 0.717) is 22.3 Å². The first-order valence-corrected chi connectivity index (χ1v) is 14.0. The van der Waals surface area contributed by atoms with E-state index in [1.807, 2.05) is 31.2 Å². The molecular formula is C24H23Cl3N2O3S2. The Morgan fingerprint density at radius 1 is 0.941 bits per heavy atom. The Balaban J connectivity index is 1.68. The lowest BCUT2D eigenvalue weighted by atomic mass is 10.2. The summed E-state index contributed by atoms with van der Waals surface area (Å²) in [5.74, 6) is 0.995. The van der Waals surface area contributed by atoms with Gasteiger partial charge in [0, 0.05) is 28.1 Å². The topological polar surface area (TPSA) is 66.5 Å². The third-order valence-electron chi connectivity index (χ3n) is 4.82. The van der Waals surface area contributed by atoms with Crippen molar-refractivity contribution in [3.8, 4) is 0 Å². The van der Waals surface area contributed by atoms with Crippen LogP contribution in [0.25, 0.3) is 0 Å². The van der Waals surface area contributed by atoms with Gasteiger partial charge in [-0.25, -0.2) is 8.42 Å². The van der Waals surface area contributed by atoms with Crippen LogP contribution in [0.3, 0.4) is 0 Å². The summed E-state index contributed by atoms with van der Waals surface area (Å²) in [4.78, 5) is 12.8. The number of halogens is 3. The fourth-order valence-electron chi connectivity index (χ4n) is 3.03. The first-order valence-electron chi connectivity index (χ1n) is 10.3. The van der Waals surface area contributed by atoms with Gasteiger partial charge in [0.2, 0.25) is 5.91 Å². The predicted octanol–water partition coefficient (Wildman–Crippen LogP) is 6.20. The summed E-state index contributed by atoms with van der Waals surface area (Å²) in [6.07, 6.45) is 0. The Bertz CT molecular complexity index is 1240. The number of aryl methyl sites for hydroxylation is 1. The van der Waals surface area contributed by atoms with Crippen molar-refractivity contribution in [2.45, 2.75) is 17.6 Å². The highest BCUT2D eigenvalue weighted by Crippen LogP contribution is 2.33. The maximum absolute atomic E-state index is 13.4. The fourth-order valence-corrected chi connectivity index (χ4v) is 5.85. The molecule has 0 aliphatic heterocycles. The second-order valence-corrected chi connectivity index (χ2v) is 11.7. The molecule has 0 radical (unpaired) electrons. The summed E-state index contributed by atoms with van der Waals surface area (Å²) in [5, 5.41) is 3.95. The Kier molecular flexibility index (Phi) is 9.56. The van der Waals surface area contributed by atoms with Crippen LogP contribution in [-0.2, 0) is 20.6 Å². The van der Waals surface area contributed by atoms with Gasteiger partial charge in [-0.3, -0.25) is 9.10 Å². The van der Waals surface area contributed by atoms with E-state index in [1.54, 1.807) is 30.0 Å². The number of anilines is 1. The quantitative estimate of drug-likeness (QED) is 0.301. The van der Waals surface area contributed by atoms with Crippen LogP contribution in [0.1, 0.15) is 11.1 Å². The highest BCUT2D eigenvalue weighted by Gasteiger charge is 2.29. The predicted molar refractivity (Wildman–Crippen MR) is 143 cm³/mol. The van der Waals surface area contributed by atoms with Crippen molar-refractivity contribution in [1.82, 2.24) is 5.32 Å². The zero-order valence-corrected chi connectivity index (χ0v) is 22.2. The van der Waals surface area contributed by atoms with Crippen LogP contribution in [0.15, 0.2) is 71.6 Å². The summed E-state index contributed by atoms with van der Waals surface area (Å²) < 4.78 is 27.8. The van der Waals surface area contributed by atoms with Crippen LogP contribution < -0.4 is 9.62 Å². The molecule has 0 heterocycles. The lowest BCUT2D eigenvalue weighted by Gasteiger charge is -2.25. The van der Waals surface area contributed by atoms with E-state index in [0.717, 1.165) is 21.2 Å². The van der Waals surface area contributed by atoms with E-state index in [9.17, 15) is 13.2 Å². The number of nitrogens with one attached hydrogen (secondary N) is 1. The number of nitrogens with zero attached hydrogens (tertiary/aromatic N) is 1. The van der Waals surface area contributed by atoms with Gasteiger partial charge in [0.15, 0.2) is 0 Å². The van der Waals surface area contributed by atoms with Crippen LogP contribution in [-0.4, -0.2) is 33.2 Å². The lowest BCUT2D eigenvalue weighted by molar-refractivity contribution is -0.119. The number of carbonyl (C=O) groups excluding carboxylic acids is 1. The van der Waals surface area contributed by atoms with E-state index in [2.05, 4.69) is 5.32 Å². The standard InChI is InChI=1S/C24H23Cl3N2O3S2/c1-17-2-9-21(10-3-17)34(31,32)29(23-14-20(26)8-11-22(23)27)15-24(30)28-12-13-33-16-18-4-6-19(25)7-5-18/h2-11,14H,12-13,15-16H2,1H3,(H,28,30). The van der Waals surface area contributed by atoms with Crippen molar-refractivity contribution in [1.29, 1.82) is 0 Å². The molecule has 10 heteroatoms. The van der Waals surface area contributed by atoms with Crippen molar-refractivity contribution in [2.24, 2.45) is 0 Å². The van der Waals surface area contributed by atoms with Gasteiger partial charge in [0.25, 0.3) is 10.0 Å². The van der Waals surface area contributed by atoms with Gasteiger partial charge < -0.3 is 5.32 Å². The van der Waals surface area contributed by atoms with Crippen molar-refractivity contribution < 1.29 is 13.2 Å². The Morgan fingerprint density at radius 3 is 2.26 bits per heavy atom. The van der Waals surface area contributed by atoms with Crippen LogP contribution in [0.5, 0.6) is 0 Å². The largest absolute Gasteiger partial charge is 0.354 e. The van der Waals surface area contributed by atoms with Gasteiger partial charge in [0.1, 0.15) is 6.54 Å². The van der Waals surface area contributed by atoms with E-state index >= 15 is 0 Å². The van der Waals surface area contributed by atoms with Gasteiger partial charge in [-0.1, -0.05) is 64.6 Å². The number of rotatable bonds is 10. The third kappa shape index (κ3) is 7.30. The van der Waals surface area contributed by atoms with Crippen LogP contribution in [0, 0.1) is 6.92 Å². The minimum atomic E-state index is -4.07. The Morgan fingerprint density at radius 2 is 1.59 bits per heavy atom. The Labute approximate surface area is 219 Å². The molecular weight excluding hydrogens is 535 g/mol. The molecule has 0 aliphatic carbocycles. The Hall–Kier alpha value is -1.90. The molecule has 0 aliphatic rings. The number of carbonyl (C=O) groups is 1. The van der Waals surface area contributed by atoms with Crippen LogP contribution >= 0.6 is 46.6 Å². The number of amides is 1. The molecule has 0 bridgehead atoms. The monoisotopic (exact) mass is 556 g/mol. The second-order valence-electron chi connectivity index (χ2n) is 7.45. The summed E-state index contributed by atoms with van der Waals surface area (Å²) in [6.45, 7) is 1.82. The third-order valence-corrected chi connectivity index (χ3v) is 8.43. The van der Waals surface area contributed by atoms with E-state index in [-0.39, 0.29) is 15.6 Å². The van der Waals surface area contributed by atoms with Crippen molar-refractivity contribution in [2.75, 3.05) is 23.1 Å². The summed E-state index contributed by atoms with van der Waals surface area (Å²) >= 11 is 19.9. The molecule has 0 unspecified atom stereocenters. The minimum Gasteiger partial charge on any atom is -0.354 e. The molecule has 3 aromatic rings. The van der Waals surface area contributed by atoms with E-state index < -0.39 is 22.5 Å². The molecule has 0 saturated carbocycles. The van der Waals surface area contributed by atoms with Crippen molar-refractivity contribution >= 4 is 68.2 Å². The molecule has 0 spiro atoms. The maximum atomic E-state index is 13.4. The molecule has 0 atom stereocenters. The van der Waals surface area contributed by atoms with E-state index in [1.165, 1.54) is 24.3 Å². The van der Waals surface area contributed by atoms with Gasteiger partial charge in [-0.15, -0.1) is 0 Å². The van der Waals surface area contributed by atoms with Gasteiger partial charge >= 0.3 is 0 Å². The molecule has 1 N–H and O–H groups in total. The average molecular weight is 558 g/mol. The van der Waals surface area contributed by atoms with Crippen LogP contribution in [0.2, 0.25) is 15.1 Å².